The van der Waals surface area contributed by atoms with Crippen LogP contribution in [0.4, 0.5) is 4.79 Å². The fourth-order valence-corrected chi connectivity index (χ4v) is 2.88. The summed E-state index contributed by atoms with van der Waals surface area (Å²) in [6.07, 6.45) is 3.01. The van der Waals surface area contributed by atoms with Crippen LogP contribution in [0.1, 0.15) is 12.8 Å². The summed E-state index contributed by atoms with van der Waals surface area (Å²) in [6.45, 7) is 2.76. The summed E-state index contributed by atoms with van der Waals surface area (Å²) in [5.74, 6) is 0. The number of fused-ring (bicyclic) bond motifs is 1. The van der Waals surface area contributed by atoms with Crippen LogP contribution in [0.25, 0.3) is 10.9 Å². The number of nitrogens with one attached hydrogen (secondary N) is 1. The third-order valence-corrected chi connectivity index (χ3v) is 4.00. The van der Waals surface area contributed by atoms with Gasteiger partial charge < -0.3 is 15.3 Å². The number of aryl methyl sites for hydroxylation is 1. The van der Waals surface area contributed by atoms with Crippen LogP contribution < -0.4 is 5.32 Å². The van der Waals surface area contributed by atoms with Gasteiger partial charge in [0.25, 0.3) is 0 Å². The second-order valence-electron chi connectivity index (χ2n) is 5.45. The Morgan fingerprint density at radius 2 is 2.29 bits per heavy atom. The number of piperazine rings is 1. The Morgan fingerprint density at radius 1 is 1.43 bits per heavy atom. The average Bonchev–Trinajstić information content (AvgIpc) is 2.91. The third-order valence-electron chi connectivity index (χ3n) is 4.00. The molecule has 1 aliphatic heterocycles. The van der Waals surface area contributed by atoms with Gasteiger partial charge in [-0.2, -0.15) is 5.10 Å². The van der Waals surface area contributed by atoms with Crippen molar-refractivity contribution in [3.8, 4) is 0 Å². The number of carbonyl (C=O) groups is 1. The minimum Gasteiger partial charge on any atom is -0.465 e. The maximum atomic E-state index is 11.0. The predicted octanol–water partition coefficient (Wildman–Crippen LogP) is 1.77. The molecule has 1 amide bonds. The SMILES string of the molecule is O=C(O)N1CCN[C@H](CCCn2ncc3ccccc32)C1. The number of carboxylic acid groups (broad SMARTS) is 1. The lowest BCUT2D eigenvalue weighted by atomic mass is 10.1. The molecule has 21 heavy (non-hydrogen) atoms. The number of amides is 1. The summed E-state index contributed by atoms with van der Waals surface area (Å²) in [7, 11) is 0. The van der Waals surface area contributed by atoms with Crippen LogP contribution in [-0.2, 0) is 6.54 Å². The van der Waals surface area contributed by atoms with E-state index in [2.05, 4.69) is 22.5 Å². The molecule has 0 saturated carbocycles. The number of para-hydroxylation sites is 1. The first kappa shape index (κ1) is 13.9. The molecule has 0 radical (unpaired) electrons. The molecule has 1 fully saturated rings. The normalized spacial score (nSPS) is 19.0. The number of benzene rings is 1. The highest BCUT2D eigenvalue weighted by molar-refractivity contribution is 5.78. The Balaban J connectivity index is 1.53. The van der Waals surface area contributed by atoms with E-state index in [0.717, 1.165) is 36.8 Å². The van der Waals surface area contributed by atoms with Crippen molar-refractivity contribution in [2.24, 2.45) is 0 Å². The van der Waals surface area contributed by atoms with E-state index in [1.165, 1.54) is 4.90 Å². The Morgan fingerprint density at radius 3 is 3.14 bits per heavy atom. The van der Waals surface area contributed by atoms with E-state index >= 15 is 0 Å². The van der Waals surface area contributed by atoms with Gasteiger partial charge >= 0.3 is 6.09 Å². The molecular weight excluding hydrogens is 268 g/mol. The van der Waals surface area contributed by atoms with Crippen molar-refractivity contribution in [2.75, 3.05) is 19.6 Å². The molecule has 3 rings (SSSR count). The Hall–Kier alpha value is -2.08. The van der Waals surface area contributed by atoms with Crippen LogP contribution in [0, 0.1) is 0 Å². The zero-order valence-corrected chi connectivity index (χ0v) is 11.9. The number of hydrogen-bond donors (Lipinski definition) is 2. The molecule has 112 valence electrons. The molecule has 1 aliphatic rings. The number of nitrogens with zero attached hydrogens (tertiary/aromatic N) is 3. The van der Waals surface area contributed by atoms with Crippen LogP contribution in [0.3, 0.4) is 0 Å². The highest BCUT2D eigenvalue weighted by Crippen LogP contribution is 2.14. The fourth-order valence-electron chi connectivity index (χ4n) is 2.88. The van der Waals surface area contributed by atoms with Gasteiger partial charge in [0.2, 0.25) is 0 Å². The quantitative estimate of drug-likeness (QED) is 0.899. The third kappa shape index (κ3) is 3.16. The molecule has 1 aromatic carbocycles. The second kappa shape index (κ2) is 6.13. The summed E-state index contributed by atoms with van der Waals surface area (Å²) in [6, 6.07) is 8.42. The Bertz CT molecular complexity index is 625. The fraction of sp³-hybridized carbons (Fsp3) is 0.467. The molecule has 0 bridgehead atoms. The van der Waals surface area contributed by atoms with Crippen LogP contribution in [0.2, 0.25) is 0 Å². The van der Waals surface area contributed by atoms with Crippen molar-refractivity contribution in [3.05, 3.63) is 30.5 Å². The average molecular weight is 288 g/mol. The van der Waals surface area contributed by atoms with E-state index in [0.29, 0.717) is 13.1 Å². The highest BCUT2D eigenvalue weighted by Gasteiger charge is 2.22. The van der Waals surface area contributed by atoms with Crippen molar-refractivity contribution < 1.29 is 9.90 Å². The molecule has 1 aromatic heterocycles. The van der Waals surface area contributed by atoms with Gasteiger partial charge in [-0.15, -0.1) is 0 Å². The van der Waals surface area contributed by atoms with Crippen LogP contribution in [0.5, 0.6) is 0 Å². The molecule has 2 heterocycles. The first-order chi connectivity index (χ1) is 10.2. The number of aromatic nitrogens is 2. The molecule has 1 atom stereocenters. The lowest BCUT2D eigenvalue weighted by Gasteiger charge is -2.31. The summed E-state index contributed by atoms with van der Waals surface area (Å²) in [4.78, 5) is 12.5. The van der Waals surface area contributed by atoms with Gasteiger partial charge in [-0.1, -0.05) is 18.2 Å². The van der Waals surface area contributed by atoms with Gasteiger partial charge in [0.1, 0.15) is 0 Å². The van der Waals surface area contributed by atoms with Gasteiger partial charge in [0, 0.05) is 37.6 Å². The van der Waals surface area contributed by atoms with Crippen molar-refractivity contribution in [3.63, 3.8) is 0 Å². The minimum absolute atomic E-state index is 0.247. The largest absolute Gasteiger partial charge is 0.465 e. The van der Waals surface area contributed by atoms with E-state index in [-0.39, 0.29) is 6.04 Å². The molecule has 6 nitrogen and oxygen atoms in total. The maximum absolute atomic E-state index is 11.0. The van der Waals surface area contributed by atoms with Crippen molar-refractivity contribution >= 4 is 17.0 Å². The summed E-state index contributed by atoms with van der Waals surface area (Å²) in [5.41, 5.74) is 1.15. The summed E-state index contributed by atoms with van der Waals surface area (Å²) < 4.78 is 2.02. The van der Waals surface area contributed by atoms with Gasteiger partial charge in [-0.25, -0.2) is 4.79 Å². The monoisotopic (exact) mass is 288 g/mol. The van der Waals surface area contributed by atoms with E-state index in [9.17, 15) is 4.79 Å². The number of rotatable bonds is 4. The zero-order valence-electron chi connectivity index (χ0n) is 11.9. The van der Waals surface area contributed by atoms with Crippen LogP contribution >= 0.6 is 0 Å². The van der Waals surface area contributed by atoms with Gasteiger partial charge in [-0.05, 0) is 18.9 Å². The maximum Gasteiger partial charge on any atom is 0.407 e. The van der Waals surface area contributed by atoms with Gasteiger partial charge in [-0.3, -0.25) is 4.68 Å². The number of hydrogen-bond acceptors (Lipinski definition) is 3. The lowest BCUT2D eigenvalue weighted by molar-refractivity contribution is 0.127. The first-order valence-corrected chi connectivity index (χ1v) is 7.36. The second-order valence-corrected chi connectivity index (χ2v) is 5.45. The van der Waals surface area contributed by atoms with E-state index in [1.807, 2.05) is 23.0 Å². The van der Waals surface area contributed by atoms with Crippen LogP contribution in [0.15, 0.2) is 30.5 Å². The molecule has 1 saturated heterocycles. The highest BCUT2D eigenvalue weighted by atomic mass is 16.4. The zero-order chi connectivity index (χ0) is 14.7. The Labute approximate surface area is 123 Å². The summed E-state index contributed by atoms with van der Waals surface area (Å²) in [5, 5.41) is 18.0. The lowest BCUT2D eigenvalue weighted by Crippen LogP contribution is -2.52. The van der Waals surface area contributed by atoms with E-state index < -0.39 is 6.09 Å². The molecular formula is C15H20N4O2. The van der Waals surface area contributed by atoms with Gasteiger partial charge in [0.05, 0.1) is 11.7 Å². The van der Waals surface area contributed by atoms with Gasteiger partial charge in [0.15, 0.2) is 0 Å². The van der Waals surface area contributed by atoms with Crippen molar-refractivity contribution in [1.29, 1.82) is 0 Å². The van der Waals surface area contributed by atoms with E-state index in [1.54, 1.807) is 0 Å². The Kier molecular flexibility index (Phi) is 4.06. The summed E-state index contributed by atoms with van der Waals surface area (Å²) >= 11 is 0. The molecule has 2 aromatic rings. The molecule has 0 unspecified atom stereocenters. The molecule has 2 N–H and O–H groups in total. The molecule has 0 spiro atoms. The van der Waals surface area contributed by atoms with Crippen LogP contribution in [-0.4, -0.2) is 51.6 Å². The minimum atomic E-state index is -0.820. The topological polar surface area (TPSA) is 70.4 Å². The standard InChI is InChI=1S/C15H20N4O2/c20-15(21)18-9-7-16-13(11-18)5-3-8-19-14-6-2-1-4-12(14)10-17-19/h1-2,4,6,10,13,16H,3,5,7-9,11H2,(H,20,21)/t13-/m1/s1. The smallest absolute Gasteiger partial charge is 0.407 e. The predicted molar refractivity (Wildman–Crippen MR) is 80.4 cm³/mol. The first-order valence-electron chi connectivity index (χ1n) is 7.36. The van der Waals surface area contributed by atoms with Crippen molar-refractivity contribution in [2.45, 2.75) is 25.4 Å². The molecule has 6 heteroatoms. The van der Waals surface area contributed by atoms with E-state index in [4.69, 9.17) is 5.11 Å². The van der Waals surface area contributed by atoms with Crippen molar-refractivity contribution in [1.82, 2.24) is 20.0 Å². The molecule has 0 aliphatic carbocycles.